The minimum Gasteiger partial charge on any atom is -0.463 e. The molecule has 0 aliphatic carbocycles. The first-order chi connectivity index (χ1) is 18.1. The third-order valence-electron chi connectivity index (χ3n) is 7.20. The van der Waals surface area contributed by atoms with Crippen LogP contribution in [-0.4, -0.2) is 51.0 Å². The zero-order valence-corrected chi connectivity index (χ0v) is 21.0. The van der Waals surface area contributed by atoms with Crippen LogP contribution in [0.15, 0.2) is 53.3 Å². The molecule has 37 heavy (non-hydrogen) atoms. The van der Waals surface area contributed by atoms with Crippen molar-refractivity contribution in [3.8, 4) is 11.1 Å². The van der Waals surface area contributed by atoms with Crippen LogP contribution in [-0.2, 0) is 9.47 Å². The van der Waals surface area contributed by atoms with Gasteiger partial charge < -0.3 is 18.6 Å². The van der Waals surface area contributed by atoms with Crippen molar-refractivity contribution >= 4 is 28.0 Å². The molecular weight excluding hydrogens is 470 g/mol. The van der Waals surface area contributed by atoms with Crippen LogP contribution in [0.2, 0.25) is 0 Å². The molecule has 9 heteroatoms. The Hall–Kier alpha value is -4.11. The summed E-state index contributed by atoms with van der Waals surface area (Å²) in [7, 11) is 1.33. The first-order valence-electron chi connectivity index (χ1n) is 12.4. The molecule has 1 aliphatic rings. The second-order valence-electron chi connectivity index (χ2n) is 9.39. The Morgan fingerprint density at radius 2 is 1.89 bits per heavy atom. The molecule has 1 atom stereocenters. The predicted octanol–water partition coefficient (Wildman–Crippen LogP) is 5.05. The molecule has 0 amide bonds. The van der Waals surface area contributed by atoms with E-state index in [2.05, 4.69) is 45.0 Å². The van der Waals surface area contributed by atoms with E-state index in [0.717, 1.165) is 57.4 Å². The Kier molecular flexibility index (Phi) is 5.92. The summed E-state index contributed by atoms with van der Waals surface area (Å²) in [5.41, 5.74) is 6.13. The first-order valence-corrected chi connectivity index (χ1v) is 12.4. The molecule has 0 N–H and O–H groups in total. The normalized spacial score (nSPS) is 15.3. The molecule has 5 heterocycles. The number of carbonyl (C=O) groups excluding carboxylic acids is 1. The maximum Gasteiger partial charge on any atom is 0.376 e. The second-order valence-corrected chi connectivity index (χ2v) is 9.39. The molecule has 1 aromatic carbocycles. The molecule has 1 unspecified atom stereocenters. The van der Waals surface area contributed by atoms with E-state index >= 15 is 0 Å². The third-order valence-corrected chi connectivity index (χ3v) is 7.20. The lowest BCUT2D eigenvalue weighted by Gasteiger charge is -2.32. The molecule has 1 saturated heterocycles. The number of nitrogens with zero attached hydrogens (tertiary/aromatic N) is 5. The van der Waals surface area contributed by atoms with Crippen LogP contribution in [0.3, 0.4) is 0 Å². The van der Waals surface area contributed by atoms with Crippen molar-refractivity contribution in [3.63, 3.8) is 0 Å². The molecule has 0 saturated carbocycles. The van der Waals surface area contributed by atoms with Gasteiger partial charge in [0.15, 0.2) is 0 Å². The number of methoxy groups -OCH3 is 1. The lowest BCUT2D eigenvalue weighted by molar-refractivity contribution is 0.0552. The van der Waals surface area contributed by atoms with E-state index in [1.807, 2.05) is 26.1 Å². The molecule has 4 aromatic heterocycles. The van der Waals surface area contributed by atoms with Gasteiger partial charge in [0.1, 0.15) is 11.4 Å². The van der Waals surface area contributed by atoms with E-state index in [4.69, 9.17) is 24.0 Å². The van der Waals surface area contributed by atoms with Crippen LogP contribution in [0, 0.1) is 19.8 Å². The average molecular weight is 498 g/mol. The molecule has 6 rings (SSSR count). The van der Waals surface area contributed by atoms with Gasteiger partial charge in [-0.15, -0.1) is 0 Å². The Labute approximate surface area is 213 Å². The number of carbonyl (C=O) groups is 1. The standard InChI is InChI=1S/C28H27N5O4/c1-16-23(17(2)37-32-16)20-13-22-24(29-14-20)21-15-30-26(28(34)35-3)31-27(21)33(22)25(18-7-5-4-6-8-18)19-9-11-36-12-10-19/h4-8,13-15,19,25H,9-12H2,1-3H3. The fourth-order valence-corrected chi connectivity index (χ4v) is 5.50. The minimum atomic E-state index is -0.578. The average Bonchev–Trinajstić information content (AvgIpc) is 3.45. The van der Waals surface area contributed by atoms with Crippen molar-refractivity contribution in [2.45, 2.75) is 32.7 Å². The number of esters is 1. The Morgan fingerprint density at radius 3 is 2.59 bits per heavy atom. The van der Waals surface area contributed by atoms with Gasteiger partial charge in [0.05, 0.1) is 35.3 Å². The number of hydrogen-bond acceptors (Lipinski definition) is 8. The van der Waals surface area contributed by atoms with E-state index in [1.165, 1.54) is 7.11 Å². The molecule has 1 fully saturated rings. The molecule has 188 valence electrons. The first kappa shape index (κ1) is 23.3. The summed E-state index contributed by atoms with van der Waals surface area (Å²) >= 11 is 0. The lowest BCUT2D eigenvalue weighted by atomic mass is 9.86. The van der Waals surface area contributed by atoms with E-state index in [-0.39, 0.29) is 11.9 Å². The monoisotopic (exact) mass is 497 g/mol. The number of ether oxygens (including phenoxy) is 2. The topological polar surface area (TPSA) is 105 Å². The van der Waals surface area contributed by atoms with Gasteiger partial charge in [0.2, 0.25) is 5.82 Å². The zero-order valence-electron chi connectivity index (χ0n) is 21.0. The van der Waals surface area contributed by atoms with Gasteiger partial charge in [-0.25, -0.2) is 14.8 Å². The maximum absolute atomic E-state index is 12.4. The van der Waals surface area contributed by atoms with Crippen LogP contribution in [0.5, 0.6) is 0 Å². The van der Waals surface area contributed by atoms with Crippen LogP contribution in [0.4, 0.5) is 0 Å². The Bertz CT molecular complexity index is 1580. The number of fused-ring (bicyclic) bond motifs is 3. The van der Waals surface area contributed by atoms with Gasteiger partial charge in [-0.1, -0.05) is 35.5 Å². The van der Waals surface area contributed by atoms with Gasteiger partial charge >= 0.3 is 5.97 Å². The smallest absolute Gasteiger partial charge is 0.376 e. The lowest BCUT2D eigenvalue weighted by Crippen LogP contribution is -2.27. The highest BCUT2D eigenvalue weighted by Gasteiger charge is 2.31. The second kappa shape index (κ2) is 9.40. The van der Waals surface area contributed by atoms with E-state index in [0.29, 0.717) is 24.8 Å². The van der Waals surface area contributed by atoms with E-state index in [9.17, 15) is 4.79 Å². The quantitative estimate of drug-likeness (QED) is 0.311. The van der Waals surface area contributed by atoms with Crippen molar-refractivity contribution in [2.75, 3.05) is 20.3 Å². The molecular formula is C28H27N5O4. The van der Waals surface area contributed by atoms with Gasteiger partial charge in [-0.05, 0) is 44.2 Å². The Balaban J connectivity index is 1.68. The molecule has 1 aliphatic heterocycles. The van der Waals surface area contributed by atoms with Gasteiger partial charge in [-0.2, -0.15) is 0 Å². The van der Waals surface area contributed by atoms with E-state index < -0.39 is 5.97 Å². The van der Waals surface area contributed by atoms with Crippen molar-refractivity contribution in [3.05, 3.63) is 71.6 Å². The van der Waals surface area contributed by atoms with Crippen LogP contribution >= 0.6 is 0 Å². The number of aromatic nitrogens is 5. The van der Waals surface area contributed by atoms with E-state index in [1.54, 1.807) is 6.20 Å². The summed E-state index contributed by atoms with van der Waals surface area (Å²) in [6.45, 7) is 5.23. The molecule has 0 spiro atoms. The molecule has 5 aromatic rings. The van der Waals surface area contributed by atoms with Crippen LogP contribution in [0.1, 0.15) is 46.5 Å². The van der Waals surface area contributed by atoms with Crippen LogP contribution < -0.4 is 0 Å². The summed E-state index contributed by atoms with van der Waals surface area (Å²) in [6.07, 6.45) is 5.32. The molecule has 9 nitrogen and oxygen atoms in total. The van der Waals surface area contributed by atoms with Crippen LogP contribution in [0.25, 0.3) is 33.2 Å². The number of hydrogen-bond donors (Lipinski definition) is 0. The molecule has 0 bridgehead atoms. The van der Waals surface area contributed by atoms with Gasteiger partial charge in [-0.3, -0.25) is 4.98 Å². The SMILES string of the molecule is COC(=O)c1ncc2c3ncc(-c4c(C)noc4C)cc3n(C(c3ccccc3)C3CCOCC3)c2n1. The van der Waals surface area contributed by atoms with Gasteiger partial charge in [0.25, 0.3) is 0 Å². The number of benzene rings is 1. The number of rotatable bonds is 5. The maximum atomic E-state index is 12.4. The highest BCUT2D eigenvalue weighted by atomic mass is 16.5. The highest BCUT2D eigenvalue weighted by Crippen LogP contribution is 2.40. The summed E-state index contributed by atoms with van der Waals surface area (Å²) in [5.74, 6) is 0.474. The van der Waals surface area contributed by atoms with Crippen molar-refractivity contribution in [1.29, 1.82) is 0 Å². The van der Waals surface area contributed by atoms with Crippen molar-refractivity contribution in [1.82, 2.24) is 24.7 Å². The van der Waals surface area contributed by atoms with Crippen molar-refractivity contribution in [2.24, 2.45) is 5.92 Å². The van der Waals surface area contributed by atoms with Gasteiger partial charge in [0, 0.05) is 36.7 Å². The third kappa shape index (κ3) is 3.95. The number of aryl methyl sites for hydroxylation is 2. The minimum absolute atomic E-state index is 0.0174. The zero-order chi connectivity index (χ0) is 25.5. The summed E-state index contributed by atoms with van der Waals surface area (Å²) < 4.78 is 18.3. The largest absolute Gasteiger partial charge is 0.463 e. The Morgan fingerprint density at radius 1 is 1.11 bits per heavy atom. The van der Waals surface area contributed by atoms with Crippen molar-refractivity contribution < 1.29 is 18.8 Å². The predicted molar refractivity (Wildman–Crippen MR) is 137 cm³/mol. The fraction of sp³-hybridized carbons (Fsp3) is 0.321. The summed E-state index contributed by atoms with van der Waals surface area (Å²) in [4.78, 5) is 26.3. The summed E-state index contributed by atoms with van der Waals surface area (Å²) in [6, 6.07) is 12.5. The summed E-state index contributed by atoms with van der Waals surface area (Å²) in [5, 5.41) is 4.92. The fourth-order valence-electron chi connectivity index (χ4n) is 5.50. The number of pyridine rings is 1. The molecule has 0 radical (unpaired) electrons. The highest BCUT2D eigenvalue weighted by molar-refractivity contribution is 6.05.